The maximum absolute atomic E-state index is 12.0. The van der Waals surface area contributed by atoms with E-state index in [-0.39, 0.29) is 28.1 Å². The molecule has 0 fully saturated rings. The van der Waals surface area contributed by atoms with E-state index in [1.165, 1.54) is 0 Å². The highest BCUT2D eigenvalue weighted by Gasteiger charge is 2.13. The minimum Gasteiger partial charge on any atom is -0.370 e. The first kappa shape index (κ1) is 20.8. The maximum atomic E-state index is 12.0. The standard InChI is InChI=1S/C15H21IN6O3/c16-12(23)8-21-13(24)9-3-5-10(6-4-9)22-14(25)11(17)2-1-7-20-15(18)19/h3-6,11H,1-2,7-8,17H2,(H,21,24)(H,22,25)(H4,18,19,20). The minimum absolute atomic E-state index is 0.0365. The number of carbonyl (C=O) groups is 3. The molecule has 1 aromatic rings. The molecule has 0 saturated carbocycles. The van der Waals surface area contributed by atoms with Crippen molar-refractivity contribution >= 4 is 49.8 Å². The van der Waals surface area contributed by atoms with Crippen molar-refractivity contribution in [2.45, 2.75) is 18.9 Å². The van der Waals surface area contributed by atoms with Crippen LogP contribution in [0.4, 0.5) is 5.69 Å². The molecule has 9 nitrogen and oxygen atoms in total. The Hall–Kier alpha value is -2.21. The van der Waals surface area contributed by atoms with E-state index < -0.39 is 6.04 Å². The van der Waals surface area contributed by atoms with Gasteiger partial charge in [0.1, 0.15) is 0 Å². The van der Waals surface area contributed by atoms with Gasteiger partial charge in [0.05, 0.1) is 12.6 Å². The SMILES string of the molecule is N=C(N)NCCCC(N)C(=O)Nc1ccc(C(=O)NCC(=O)I)cc1. The number of benzene rings is 1. The van der Waals surface area contributed by atoms with Gasteiger partial charge in [-0.2, -0.15) is 0 Å². The lowest BCUT2D eigenvalue weighted by Crippen LogP contribution is -2.37. The van der Waals surface area contributed by atoms with Crippen LogP contribution in [0.3, 0.4) is 0 Å². The normalized spacial score (nSPS) is 11.3. The van der Waals surface area contributed by atoms with Gasteiger partial charge in [-0.1, -0.05) is 0 Å². The van der Waals surface area contributed by atoms with Gasteiger partial charge < -0.3 is 27.4 Å². The van der Waals surface area contributed by atoms with Crippen LogP contribution in [0.25, 0.3) is 0 Å². The molecule has 0 spiro atoms. The molecular formula is C15H21IN6O3. The van der Waals surface area contributed by atoms with E-state index in [1.807, 2.05) is 0 Å². The third-order valence-corrected chi connectivity index (χ3v) is 3.53. The molecular weight excluding hydrogens is 439 g/mol. The summed E-state index contributed by atoms with van der Waals surface area (Å²) in [5.41, 5.74) is 11.9. The molecule has 0 saturated heterocycles. The Morgan fingerprint density at radius 3 is 2.36 bits per heavy atom. The number of halogens is 1. The van der Waals surface area contributed by atoms with Crippen molar-refractivity contribution in [3.05, 3.63) is 29.8 Å². The molecule has 2 amide bonds. The van der Waals surface area contributed by atoms with Crippen LogP contribution in [-0.4, -0.2) is 40.7 Å². The molecule has 0 aliphatic carbocycles. The summed E-state index contributed by atoms with van der Waals surface area (Å²) >= 11 is 1.60. The van der Waals surface area contributed by atoms with Gasteiger partial charge in [-0.15, -0.1) is 0 Å². The summed E-state index contributed by atoms with van der Waals surface area (Å²) in [6, 6.07) is 5.58. The second-order valence-corrected chi connectivity index (χ2v) is 6.40. The Morgan fingerprint density at radius 2 is 1.80 bits per heavy atom. The third kappa shape index (κ3) is 8.44. The van der Waals surface area contributed by atoms with Crippen LogP contribution < -0.4 is 27.4 Å². The first-order valence-electron chi connectivity index (χ1n) is 7.50. The summed E-state index contributed by atoms with van der Waals surface area (Å²) in [5.74, 6) is -0.821. The molecule has 0 aromatic heterocycles. The molecule has 0 radical (unpaired) electrons. The number of rotatable bonds is 9. The van der Waals surface area contributed by atoms with Gasteiger partial charge in [0.25, 0.3) is 5.91 Å². The zero-order chi connectivity index (χ0) is 18.8. The highest BCUT2D eigenvalue weighted by molar-refractivity contribution is 14.1. The smallest absolute Gasteiger partial charge is 0.251 e. The van der Waals surface area contributed by atoms with Gasteiger partial charge in [0.15, 0.2) is 5.96 Å². The van der Waals surface area contributed by atoms with Crippen LogP contribution in [0.15, 0.2) is 24.3 Å². The number of guanidine groups is 1. The lowest BCUT2D eigenvalue weighted by molar-refractivity contribution is -0.117. The number of carbonyl (C=O) groups excluding carboxylic acids is 3. The average Bonchev–Trinajstić information content (AvgIpc) is 2.56. The van der Waals surface area contributed by atoms with Crippen molar-refractivity contribution in [1.82, 2.24) is 10.6 Å². The fourth-order valence-corrected chi connectivity index (χ4v) is 2.06. The van der Waals surface area contributed by atoms with Gasteiger partial charge in [-0.25, -0.2) is 0 Å². The summed E-state index contributed by atoms with van der Waals surface area (Å²) in [5, 5.41) is 14.8. The van der Waals surface area contributed by atoms with Crippen molar-refractivity contribution in [3.63, 3.8) is 0 Å². The van der Waals surface area contributed by atoms with Crippen LogP contribution >= 0.6 is 22.6 Å². The summed E-state index contributed by atoms with van der Waals surface area (Å²) in [6.07, 6.45) is 1.04. The molecule has 1 unspecified atom stereocenters. The lowest BCUT2D eigenvalue weighted by Gasteiger charge is -2.13. The van der Waals surface area contributed by atoms with Gasteiger partial charge in [-0.3, -0.25) is 19.8 Å². The average molecular weight is 460 g/mol. The first-order valence-corrected chi connectivity index (χ1v) is 8.58. The maximum Gasteiger partial charge on any atom is 0.251 e. The van der Waals surface area contributed by atoms with Crippen molar-refractivity contribution in [1.29, 1.82) is 5.41 Å². The molecule has 0 heterocycles. The largest absolute Gasteiger partial charge is 0.370 e. The number of hydrogen-bond donors (Lipinski definition) is 6. The van der Waals surface area contributed by atoms with Crippen molar-refractivity contribution in [3.8, 4) is 0 Å². The van der Waals surface area contributed by atoms with E-state index in [2.05, 4.69) is 16.0 Å². The fourth-order valence-electron chi connectivity index (χ4n) is 1.87. The van der Waals surface area contributed by atoms with Crippen molar-refractivity contribution in [2.75, 3.05) is 18.4 Å². The molecule has 1 aromatic carbocycles. The molecule has 0 bridgehead atoms. The predicted molar refractivity (Wildman–Crippen MR) is 104 cm³/mol. The molecule has 10 heteroatoms. The third-order valence-electron chi connectivity index (χ3n) is 3.15. The number of anilines is 1. The molecule has 136 valence electrons. The van der Waals surface area contributed by atoms with E-state index >= 15 is 0 Å². The first-order chi connectivity index (χ1) is 11.8. The Kier molecular flexibility index (Phi) is 8.84. The molecule has 0 aliphatic heterocycles. The van der Waals surface area contributed by atoms with Gasteiger partial charge in [-0.05, 0) is 37.1 Å². The Morgan fingerprint density at radius 1 is 1.16 bits per heavy atom. The number of nitrogens with one attached hydrogen (secondary N) is 4. The van der Waals surface area contributed by atoms with Crippen molar-refractivity contribution < 1.29 is 14.4 Å². The lowest BCUT2D eigenvalue weighted by atomic mass is 10.1. The van der Waals surface area contributed by atoms with Crippen LogP contribution in [0.5, 0.6) is 0 Å². The van der Waals surface area contributed by atoms with Crippen LogP contribution in [-0.2, 0) is 9.59 Å². The van der Waals surface area contributed by atoms with Gasteiger partial charge in [0, 0.05) is 40.4 Å². The predicted octanol–water partition coefficient (Wildman–Crippen LogP) is -0.0929. The Labute approximate surface area is 158 Å². The summed E-state index contributed by atoms with van der Waals surface area (Å²) < 4.78 is -0.165. The quantitative estimate of drug-likeness (QED) is 0.0992. The van der Waals surface area contributed by atoms with E-state index in [0.29, 0.717) is 30.6 Å². The molecule has 1 rings (SSSR count). The molecule has 8 N–H and O–H groups in total. The Balaban J connectivity index is 2.45. The fraction of sp³-hybridized carbons (Fsp3) is 0.333. The zero-order valence-corrected chi connectivity index (χ0v) is 15.6. The topological polar surface area (TPSA) is 163 Å². The Bertz CT molecular complexity index is 635. The minimum atomic E-state index is -0.689. The van der Waals surface area contributed by atoms with E-state index in [4.69, 9.17) is 16.9 Å². The zero-order valence-electron chi connectivity index (χ0n) is 13.5. The van der Waals surface area contributed by atoms with E-state index in [1.54, 1.807) is 46.9 Å². The van der Waals surface area contributed by atoms with Crippen LogP contribution in [0.1, 0.15) is 23.2 Å². The van der Waals surface area contributed by atoms with Crippen molar-refractivity contribution in [2.24, 2.45) is 11.5 Å². The number of amides is 2. The molecule has 1 atom stereocenters. The highest BCUT2D eigenvalue weighted by atomic mass is 127. The van der Waals surface area contributed by atoms with E-state index in [0.717, 1.165) is 0 Å². The van der Waals surface area contributed by atoms with E-state index in [9.17, 15) is 14.4 Å². The second-order valence-electron chi connectivity index (χ2n) is 5.19. The van der Waals surface area contributed by atoms with Crippen LogP contribution in [0.2, 0.25) is 0 Å². The highest BCUT2D eigenvalue weighted by Crippen LogP contribution is 2.10. The van der Waals surface area contributed by atoms with Gasteiger partial charge in [0.2, 0.25) is 9.70 Å². The number of nitrogens with two attached hydrogens (primary N) is 2. The molecule has 25 heavy (non-hydrogen) atoms. The summed E-state index contributed by atoms with van der Waals surface area (Å²) in [4.78, 5) is 34.6. The monoisotopic (exact) mass is 460 g/mol. The summed E-state index contributed by atoms with van der Waals surface area (Å²) in [6.45, 7) is 0.436. The summed E-state index contributed by atoms with van der Waals surface area (Å²) in [7, 11) is 0. The van der Waals surface area contributed by atoms with Crippen LogP contribution in [0, 0.1) is 5.41 Å². The second kappa shape index (κ2) is 10.6. The van der Waals surface area contributed by atoms with Gasteiger partial charge >= 0.3 is 0 Å². The number of hydrogen-bond acceptors (Lipinski definition) is 5. The molecule has 0 aliphatic rings.